The number of carboxylic acids is 1. The van der Waals surface area contributed by atoms with Crippen LogP contribution in [-0.2, 0) is 16.0 Å². The number of esters is 1. The van der Waals surface area contributed by atoms with E-state index in [1.165, 1.54) is 17.0 Å². The lowest BCUT2D eigenvalue weighted by atomic mass is 9.86. The van der Waals surface area contributed by atoms with Crippen molar-refractivity contribution in [3.63, 3.8) is 0 Å². The molecule has 1 aromatic carbocycles. The second-order valence-corrected chi connectivity index (χ2v) is 9.44. The molecule has 1 amide bonds. The molecule has 1 aliphatic rings. The molecule has 8 nitrogen and oxygen atoms in total. The lowest BCUT2D eigenvalue weighted by Gasteiger charge is -2.31. The number of amides is 1. The quantitative estimate of drug-likeness (QED) is 0.232. The molecule has 0 saturated carbocycles. The number of nitrogen functional groups attached to an aromatic ring is 1. The van der Waals surface area contributed by atoms with Gasteiger partial charge < -0.3 is 20.5 Å². The second kappa shape index (κ2) is 10.3. The van der Waals surface area contributed by atoms with Gasteiger partial charge in [-0.2, -0.15) is 0 Å². The number of nitrogens with two attached hydrogens (primary N) is 1. The van der Waals surface area contributed by atoms with E-state index in [2.05, 4.69) is 0 Å². The van der Waals surface area contributed by atoms with Crippen LogP contribution in [0.5, 0.6) is 5.75 Å². The van der Waals surface area contributed by atoms with E-state index in [4.69, 9.17) is 15.9 Å². The van der Waals surface area contributed by atoms with Gasteiger partial charge >= 0.3 is 11.9 Å². The molecule has 0 bridgehead atoms. The Kier molecular flexibility index (Phi) is 8.20. The number of halogens is 2. The summed E-state index contributed by atoms with van der Waals surface area (Å²) < 4.78 is 19.3. The van der Waals surface area contributed by atoms with Crippen molar-refractivity contribution in [2.45, 2.75) is 39.2 Å². The highest BCUT2D eigenvalue weighted by atomic mass is 35.5. The fourth-order valence-corrected chi connectivity index (χ4v) is 4.76. The van der Waals surface area contributed by atoms with Gasteiger partial charge in [0.05, 0.1) is 0 Å². The fourth-order valence-electron chi connectivity index (χ4n) is 3.65. The summed E-state index contributed by atoms with van der Waals surface area (Å²) in [5.74, 6) is -3.38. The molecule has 1 saturated heterocycles. The third-order valence-corrected chi connectivity index (χ3v) is 6.37. The van der Waals surface area contributed by atoms with Crippen LogP contribution in [0.2, 0.25) is 0 Å². The monoisotopic (exact) mass is 497 g/mol. The average molecular weight is 498 g/mol. The predicted molar refractivity (Wildman–Crippen MR) is 124 cm³/mol. The first-order chi connectivity index (χ1) is 15.0. The molecular formula is C22H25ClFN3O5S. The number of hydrogen-bond donors (Lipinski definition) is 3. The minimum absolute atomic E-state index is 0. The van der Waals surface area contributed by atoms with Gasteiger partial charge in [0.15, 0.2) is 11.6 Å². The molecule has 4 N–H and O–H groups in total. The van der Waals surface area contributed by atoms with E-state index in [0.717, 1.165) is 22.3 Å². The fraction of sp³-hybridized carbons (Fsp3) is 0.364. The number of likely N-dealkylation sites (tertiary alicyclic amines) is 1. The Morgan fingerprint density at radius 3 is 2.61 bits per heavy atom. The molecule has 0 spiro atoms. The zero-order valence-corrected chi connectivity index (χ0v) is 19.7. The van der Waals surface area contributed by atoms with Gasteiger partial charge in [0.1, 0.15) is 16.8 Å². The molecule has 1 fully saturated rings. The van der Waals surface area contributed by atoms with Crippen molar-refractivity contribution >= 4 is 47.4 Å². The second-order valence-electron chi connectivity index (χ2n) is 8.27. The van der Waals surface area contributed by atoms with Gasteiger partial charge in [0.25, 0.3) is 0 Å². The predicted octanol–water partition coefficient (Wildman–Crippen LogP) is 3.46. The highest BCUT2D eigenvalue weighted by Gasteiger charge is 2.40. The Hall–Kier alpha value is -2.98. The van der Waals surface area contributed by atoms with Crippen LogP contribution in [0.4, 0.5) is 4.39 Å². The maximum Gasteiger partial charge on any atom is 0.353 e. The number of benzene rings is 1. The molecule has 1 aliphatic heterocycles. The van der Waals surface area contributed by atoms with Crippen LogP contribution < -0.4 is 10.5 Å². The largest absolute Gasteiger partial charge is 0.480 e. The standard InChI is InChI=1S/C22H24FN3O5S.ClH/c1-22(2,21(30)26-9-3-4-15(26)19(27)28)11-13-6-8-17(32-13)20(29)31-16-7-5-12(18(24)25)10-14(16)23;/h5-8,10,15H,3-4,9,11H2,1-2H3,(H3,24,25)(H,27,28);1H/t15-;/m0./s1. The first-order valence-corrected chi connectivity index (χ1v) is 10.8. The summed E-state index contributed by atoms with van der Waals surface area (Å²) in [6.07, 6.45) is 1.40. The first-order valence-electron chi connectivity index (χ1n) is 9.98. The van der Waals surface area contributed by atoms with Gasteiger partial charge in [-0.15, -0.1) is 23.7 Å². The van der Waals surface area contributed by atoms with E-state index in [1.807, 2.05) is 0 Å². The summed E-state index contributed by atoms with van der Waals surface area (Å²) >= 11 is 1.13. The van der Waals surface area contributed by atoms with Crippen LogP contribution in [0.15, 0.2) is 30.3 Å². The van der Waals surface area contributed by atoms with Gasteiger partial charge in [0.2, 0.25) is 5.91 Å². The Bertz CT molecular complexity index is 1090. The highest BCUT2D eigenvalue weighted by Crippen LogP contribution is 2.32. The molecule has 1 aromatic heterocycles. The van der Waals surface area contributed by atoms with Gasteiger partial charge in [-0.25, -0.2) is 14.0 Å². The summed E-state index contributed by atoms with van der Waals surface area (Å²) in [5.41, 5.74) is 4.63. The summed E-state index contributed by atoms with van der Waals surface area (Å²) in [6, 6.07) is 6.06. The van der Waals surface area contributed by atoms with Gasteiger partial charge in [-0.3, -0.25) is 10.2 Å². The third kappa shape index (κ3) is 5.88. The number of thiophene rings is 1. The van der Waals surface area contributed by atoms with Crippen molar-refractivity contribution in [1.29, 1.82) is 5.41 Å². The minimum atomic E-state index is -1.00. The number of carbonyl (C=O) groups is 3. The number of carboxylic acid groups (broad SMARTS) is 1. The van der Waals surface area contributed by atoms with Crippen LogP contribution in [0.1, 0.15) is 46.8 Å². The Morgan fingerprint density at radius 1 is 1.30 bits per heavy atom. The molecule has 2 aromatic rings. The Morgan fingerprint density at radius 2 is 2.00 bits per heavy atom. The average Bonchev–Trinajstić information content (AvgIpc) is 3.38. The van der Waals surface area contributed by atoms with Crippen molar-refractivity contribution in [2.24, 2.45) is 11.1 Å². The molecule has 1 atom stereocenters. The van der Waals surface area contributed by atoms with Crippen LogP contribution in [0.25, 0.3) is 0 Å². The van der Waals surface area contributed by atoms with E-state index in [0.29, 0.717) is 25.8 Å². The number of carbonyl (C=O) groups excluding carboxylic acids is 2. The number of amidine groups is 1. The topological polar surface area (TPSA) is 134 Å². The molecule has 33 heavy (non-hydrogen) atoms. The molecule has 0 unspecified atom stereocenters. The van der Waals surface area contributed by atoms with Crippen molar-refractivity contribution in [2.75, 3.05) is 6.54 Å². The minimum Gasteiger partial charge on any atom is -0.480 e. The summed E-state index contributed by atoms with van der Waals surface area (Å²) in [4.78, 5) is 39.2. The van der Waals surface area contributed by atoms with E-state index in [9.17, 15) is 23.9 Å². The molecule has 2 heterocycles. The van der Waals surface area contributed by atoms with Crippen molar-refractivity contribution < 1.29 is 28.6 Å². The van der Waals surface area contributed by atoms with Crippen molar-refractivity contribution in [1.82, 2.24) is 4.90 Å². The zero-order chi connectivity index (χ0) is 23.6. The van der Waals surface area contributed by atoms with Crippen LogP contribution in [0.3, 0.4) is 0 Å². The summed E-state index contributed by atoms with van der Waals surface area (Å²) in [5, 5.41) is 16.7. The number of nitrogens with zero attached hydrogens (tertiary/aromatic N) is 1. The maximum atomic E-state index is 14.1. The molecule has 0 aliphatic carbocycles. The van der Waals surface area contributed by atoms with Crippen molar-refractivity contribution in [3.05, 3.63) is 51.5 Å². The van der Waals surface area contributed by atoms with Gasteiger partial charge in [-0.05, 0) is 49.6 Å². The van der Waals surface area contributed by atoms with Crippen LogP contribution >= 0.6 is 23.7 Å². The first kappa shape index (κ1) is 26.3. The molecular weight excluding hydrogens is 473 g/mol. The van der Waals surface area contributed by atoms with E-state index < -0.39 is 29.2 Å². The van der Waals surface area contributed by atoms with E-state index in [1.54, 1.807) is 26.0 Å². The van der Waals surface area contributed by atoms with Crippen LogP contribution in [-0.4, -0.2) is 46.3 Å². The smallest absolute Gasteiger partial charge is 0.353 e. The number of nitrogens with one attached hydrogen (secondary N) is 1. The van der Waals surface area contributed by atoms with E-state index in [-0.39, 0.29) is 40.3 Å². The van der Waals surface area contributed by atoms with Crippen LogP contribution in [0, 0.1) is 16.6 Å². The van der Waals surface area contributed by atoms with Crippen molar-refractivity contribution in [3.8, 4) is 5.75 Å². The number of aliphatic carboxylic acids is 1. The molecule has 178 valence electrons. The molecule has 3 rings (SSSR count). The summed E-state index contributed by atoms with van der Waals surface area (Å²) in [7, 11) is 0. The van der Waals surface area contributed by atoms with Gasteiger partial charge in [0, 0.05) is 22.4 Å². The van der Waals surface area contributed by atoms with E-state index >= 15 is 0 Å². The highest BCUT2D eigenvalue weighted by molar-refractivity contribution is 7.14. The SMILES string of the molecule is CC(C)(Cc1ccc(C(=O)Oc2ccc(C(=N)N)cc2F)s1)C(=O)N1CCC[C@H]1C(=O)O.Cl. The Labute approximate surface area is 200 Å². The van der Waals surface area contributed by atoms with Gasteiger partial charge in [-0.1, -0.05) is 13.8 Å². The maximum absolute atomic E-state index is 14.1. The zero-order valence-electron chi connectivity index (χ0n) is 18.1. The normalized spacial score (nSPS) is 15.6. The number of ether oxygens (including phenoxy) is 1. The lowest BCUT2D eigenvalue weighted by molar-refractivity contribution is -0.152. The Balaban J connectivity index is 0.00000385. The lowest BCUT2D eigenvalue weighted by Crippen LogP contribution is -2.47. The summed E-state index contributed by atoms with van der Waals surface area (Å²) in [6.45, 7) is 3.90. The molecule has 0 radical (unpaired) electrons. The molecule has 11 heteroatoms. The third-order valence-electron chi connectivity index (χ3n) is 5.30. The number of rotatable bonds is 7. The number of hydrogen-bond acceptors (Lipinski definition) is 6.